The van der Waals surface area contributed by atoms with E-state index < -0.39 is 17.7 Å². The maximum absolute atomic E-state index is 12.7. The van der Waals surface area contributed by atoms with Crippen LogP contribution in [0.5, 0.6) is 0 Å². The van der Waals surface area contributed by atoms with Gasteiger partial charge in [0.15, 0.2) is 0 Å². The molecule has 0 bridgehead atoms. The van der Waals surface area contributed by atoms with Crippen LogP contribution in [0.15, 0.2) is 12.2 Å². The second kappa shape index (κ2) is 5.76. The Labute approximate surface area is 116 Å². The SMILES string of the molecule is O=C(NCC1(O)CCCC(C(F)(F)F)C1)C1CC=CC1. The van der Waals surface area contributed by atoms with Gasteiger partial charge in [-0.1, -0.05) is 12.2 Å². The summed E-state index contributed by atoms with van der Waals surface area (Å²) in [6.07, 6.45) is 1.27. The quantitative estimate of drug-likeness (QED) is 0.785. The van der Waals surface area contributed by atoms with Gasteiger partial charge in [-0.05, 0) is 38.5 Å². The summed E-state index contributed by atoms with van der Waals surface area (Å²) in [5.41, 5.74) is -1.43. The molecule has 0 spiro atoms. The molecule has 0 aromatic heterocycles. The predicted octanol–water partition coefficient (Wildman–Crippen LogP) is 2.55. The molecule has 20 heavy (non-hydrogen) atoms. The lowest BCUT2D eigenvalue weighted by atomic mass is 9.77. The van der Waals surface area contributed by atoms with Crippen molar-refractivity contribution in [2.75, 3.05) is 6.54 Å². The molecule has 114 valence electrons. The van der Waals surface area contributed by atoms with Gasteiger partial charge in [-0.3, -0.25) is 4.79 Å². The summed E-state index contributed by atoms with van der Waals surface area (Å²) in [4.78, 5) is 11.8. The van der Waals surface area contributed by atoms with E-state index in [9.17, 15) is 23.1 Å². The van der Waals surface area contributed by atoms with E-state index in [4.69, 9.17) is 0 Å². The first-order valence-corrected chi connectivity index (χ1v) is 7.02. The fourth-order valence-electron chi connectivity index (χ4n) is 3.01. The summed E-state index contributed by atoms with van der Waals surface area (Å²) in [5, 5.41) is 12.9. The highest BCUT2D eigenvalue weighted by molar-refractivity contribution is 5.79. The number of carbonyl (C=O) groups excluding carboxylic acids is 1. The van der Waals surface area contributed by atoms with Crippen molar-refractivity contribution in [3.8, 4) is 0 Å². The lowest BCUT2D eigenvalue weighted by molar-refractivity contribution is -0.200. The Morgan fingerprint density at radius 3 is 2.60 bits per heavy atom. The van der Waals surface area contributed by atoms with Gasteiger partial charge in [0.05, 0.1) is 11.5 Å². The average molecular weight is 291 g/mol. The van der Waals surface area contributed by atoms with E-state index in [1.54, 1.807) is 0 Å². The zero-order chi connectivity index (χ0) is 14.8. The molecule has 0 radical (unpaired) electrons. The Hall–Kier alpha value is -1.04. The molecule has 0 heterocycles. The molecule has 2 aliphatic rings. The van der Waals surface area contributed by atoms with E-state index in [0.717, 1.165) is 0 Å². The van der Waals surface area contributed by atoms with Gasteiger partial charge < -0.3 is 10.4 Å². The number of carbonyl (C=O) groups is 1. The molecule has 1 amide bonds. The molecule has 1 saturated carbocycles. The molecule has 0 aromatic carbocycles. The number of nitrogens with one attached hydrogen (secondary N) is 1. The molecule has 0 saturated heterocycles. The molecule has 2 rings (SSSR count). The van der Waals surface area contributed by atoms with Crippen molar-refractivity contribution in [1.82, 2.24) is 5.32 Å². The van der Waals surface area contributed by atoms with E-state index in [2.05, 4.69) is 5.32 Å². The van der Waals surface area contributed by atoms with E-state index in [-0.39, 0.29) is 31.2 Å². The van der Waals surface area contributed by atoms with E-state index in [1.165, 1.54) is 0 Å². The third kappa shape index (κ3) is 3.75. The van der Waals surface area contributed by atoms with Gasteiger partial charge in [0, 0.05) is 12.5 Å². The third-order valence-corrected chi connectivity index (χ3v) is 4.25. The first-order valence-electron chi connectivity index (χ1n) is 7.02. The first-order chi connectivity index (χ1) is 9.30. The van der Waals surface area contributed by atoms with Gasteiger partial charge in [-0.25, -0.2) is 0 Å². The van der Waals surface area contributed by atoms with Crippen molar-refractivity contribution in [2.45, 2.75) is 50.3 Å². The lowest BCUT2D eigenvalue weighted by Gasteiger charge is -2.37. The minimum Gasteiger partial charge on any atom is -0.388 e. The molecule has 1 fully saturated rings. The van der Waals surface area contributed by atoms with E-state index in [1.807, 2.05) is 12.2 Å². The summed E-state index contributed by atoms with van der Waals surface area (Å²) >= 11 is 0. The van der Waals surface area contributed by atoms with Gasteiger partial charge in [-0.2, -0.15) is 13.2 Å². The monoisotopic (exact) mass is 291 g/mol. The highest BCUT2D eigenvalue weighted by Gasteiger charge is 2.47. The molecule has 2 unspecified atom stereocenters. The maximum atomic E-state index is 12.7. The smallest absolute Gasteiger partial charge is 0.388 e. The van der Waals surface area contributed by atoms with Crippen molar-refractivity contribution in [3.63, 3.8) is 0 Å². The van der Waals surface area contributed by atoms with Gasteiger partial charge in [0.25, 0.3) is 0 Å². The van der Waals surface area contributed by atoms with Crippen LogP contribution in [-0.2, 0) is 4.79 Å². The lowest BCUT2D eigenvalue weighted by Crippen LogP contribution is -2.49. The number of halogens is 3. The van der Waals surface area contributed by atoms with Crippen molar-refractivity contribution in [2.24, 2.45) is 11.8 Å². The van der Waals surface area contributed by atoms with Crippen molar-refractivity contribution in [1.29, 1.82) is 0 Å². The third-order valence-electron chi connectivity index (χ3n) is 4.25. The van der Waals surface area contributed by atoms with Crippen LogP contribution in [-0.4, -0.2) is 29.3 Å². The number of alkyl halides is 3. The Bertz CT molecular complexity index is 386. The summed E-state index contributed by atoms with van der Waals surface area (Å²) < 4.78 is 38.2. The highest BCUT2D eigenvalue weighted by atomic mass is 19.4. The van der Waals surface area contributed by atoms with Gasteiger partial charge in [0.1, 0.15) is 0 Å². The summed E-state index contributed by atoms with van der Waals surface area (Å²) in [7, 11) is 0. The van der Waals surface area contributed by atoms with Crippen LogP contribution in [0, 0.1) is 11.8 Å². The second-order valence-electron chi connectivity index (χ2n) is 5.92. The van der Waals surface area contributed by atoms with Crippen LogP contribution in [0.2, 0.25) is 0 Å². The molecule has 3 nitrogen and oxygen atoms in total. The minimum atomic E-state index is -4.27. The number of hydrogen-bond donors (Lipinski definition) is 2. The Morgan fingerprint density at radius 2 is 2.00 bits per heavy atom. The van der Waals surface area contributed by atoms with Crippen LogP contribution in [0.3, 0.4) is 0 Å². The van der Waals surface area contributed by atoms with E-state index >= 15 is 0 Å². The van der Waals surface area contributed by atoms with Gasteiger partial charge >= 0.3 is 6.18 Å². The van der Waals surface area contributed by atoms with Crippen LogP contribution < -0.4 is 5.32 Å². The van der Waals surface area contributed by atoms with Crippen LogP contribution in [0.4, 0.5) is 13.2 Å². The standard InChI is InChI=1S/C14H20F3NO2/c15-14(16,17)11-6-3-7-13(20,8-11)9-18-12(19)10-4-1-2-5-10/h1-2,10-11,20H,3-9H2,(H,18,19). The first kappa shape index (κ1) is 15.4. The second-order valence-corrected chi connectivity index (χ2v) is 5.92. The predicted molar refractivity (Wildman–Crippen MR) is 67.8 cm³/mol. The zero-order valence-electron chi connectivity index (χ0n) is 11.2. The van der Waals surface area contributed by atoms with Crippen molar-refractivity contribution >= 4 is 5.91 Å². The number of hydrogen-bond acceptors (Lipinski definition) is 2. The fraction of sp³-hybridized carbons (Fsp3) is 0.786. The molecule has 2 N–H and O–H groups in total. The zero-order valence-corrected chi connectivity index (χ0v) is 11.2. The number of aliphatic hydroxyl groups is 1. The van der Waals surface area contributed by atoms with Crippen LogP contribution in [0.25, 0.3) is 0 Å². The molecular formula is C14H20F3NO2. The summed E-state index contributed by atoms with van der Waals surface area (Å²) in [6, 6.07) is 0. The largest absolute Gasteiger partial charge is 0.391 e. The van der Waals surface area contributed by atoms with Crippen LogP contribution in [0.1, 0.15) is 38.5 Å². The van der Waals surface area contributed by atoms with Gasteiger partial charge in [0.2, 0.25) is 5.91 Å². The average Bonchev–Trinajstić information content (AvgIpc) is 2.89. The topological polar surface area (TPSA) is 49.3 Å². The Morgan fingerprint density at radius 1 is 1.35 bits per heavy atom. The molecule has 2 aliphatic carbocycles. The van der Waals surface area contributed by atoms with Crippen molar-refractivity contribution < 1.29 is 23.1 Å². The fourth-order valence-corrected chi connectivity index (χ4v) is 3.01. The molecule has 6 heteroatoms. The molecular weight excluding hydrogens is 271 g/mol. The number of amides is 1. The molecule has 2 atom stereocenters. The van der Waals surface area contributed by atoms with Gasteiger partial charge in [-0.15, -0.1) is 0 Å². The van der Waals surface area contributed by atoms with Crippen LogP contribution >= 0.6 is 0 Å². The maximum Gasteiger partial charge on any atom is 0.391 e. The number of allylic oxidation sites excluding steroid dienone is 2. The normalized spacial score (nSPS) is 31.5. The highest BCUT2D eigenvalue weighted by Crippen LogP contribution is 2.41. The Balaban J connectivity index is 1.85. The van der Waals surface area contributed by atoms with Crippen molar-refractivity contribution in [3.05, 3.63) is 12.2 Å². The molecule has 0 aromatic rings. The molecule has 0 aliphatic heterocycles. The van der Waals surface area contributed by atoms with E-state index in [0.29, 0.717) is 25.7 Å². The number of rotatable bonds is 3. The minimum absolute atomic E-state index is 0.0618. The summed E-state index contributed by atoms with van der Waals surface area (Å²) in [6.45, 7) is -0.0884. The summed E-state index contributed by atoms with van der Waals surface area (Å²) in [5.74, 6) is -1.79. The Kier molecular flexibility index (Phi) is 4.42.